The lowest BCUT2D eigenvalue weighted by Gasteiger charge is -2.10. The van der Waals surface area contributed by atoms with Crippen molar-refractivity contribution in [2.24, 2.45) is 0 Å². The van der Waals surface area contributed by atoms with Gasteiger partial charge in [0.2, 0.25) is 5.28 Å². The lowest BCUT2D eigenvalue weighted by Crippen LogP contribution is -2.20. The van der Waals surface area contributed by atoms with Crippen LogP contribution in [0.15, 0.2) is 6.07 Å². The van der Waals surface area contributed by atoms with Gasteiger partial charge in [-0.05, 0) is 18.5 Å². The maximum atomic E-state index is 8.76. The predicted octanol–water partition coefficient (Wildman–Crippen LogP) is 1.58. The summed E-state index contributed by atoms with van der Waals surface area (Å²) in [7, 11) is 0. The van der Waals surface area contributed by atoms with E-state index in [9.17, 15) is 0 Å². The summed E-state index contributed by atoms with van der Waals surface area (Å²) in [6, 6.07) is 1.45. The van der Waals surface area contributed by atoms with Gasteiger partial charge in [0.1, 0.15) is 11.0 Å². The fourth-order valence-electron chi connectivity index (χ4n) is 0.762. The molecule has 2 N–H and O–H groups in total. The minimum absolute atomic E-state index is 0.0131. The van der Waals surface area contributed by atoms with Crippen LogP contribution in [0.1, 0.15) is 6.92 Å². The first-order chi connectivity index (χ1) is 6.11. The van der Waals surface area contributed by atoms with Gasteiger partial charge in [0.15, 0.2) is 0 Å². The first kappa shape index (κ1) is 10.5. The standard InChI is InChI=1S/C7H9Cl2N3O/c1-4(3-13)10-6-2-5(8)11-7(9)12-6/h2,4,13H,3H2,1H3,(H,10,11,12). The number of nitrogens with zero attached hydrogens (tertiary/aromatic N) is 2. The Morgan fingerprint density at radius 1 is 1.54 bits per heavy atom. The van der Waals surface area contributed by atoms with Crippen LogP contribution in [0, 0.1) is 0 Å². The highest BCUT2D eigenvalue weighted by atomic mass is 35.5. The Morgan fingerprint density at radius 2 is 2.23 bits per heavy atom. The van der Waals surface area contributed by atoms with Crippen molar-refractivity contribution >= 4 is 29.0 Å². The molecule has 1 aromatic heterocycles. The molecule has 0 spiro atoms. The van der Waals surface area contributed by atoms with Crippen molar-refractivity contribution in [3.05, 3.63) is 16.5 Å². The van der Waals surface area contributed by atoms with Gasteiger partial charge in [0.25, 0.3) is 0 Å². The number of hydrogen-bond donors (Lipinski definition) is 2. The maximum Gasteiger partial charge on any atom is 0.225 e. The van der Waals surface area contributed by atoms with Crippen LogP contribution in [0.25, 0.3) is 0 Å². The van der Waals surface area contributed by atoms with Gasteiger partial charge in [-0.15, -0.1) is 0 Å². The predicted molar refractivity (Wildman–Crippen MR) is 52.2 cm³/mol. The van der Waals surface area contributed by atoms with E-state index >= 15 is 0 Å². The molecule has 0 aliphatic heterocycles. The van der Waals surface area contributed by atoms with Crippen LogP contribution in [-0.4, -0.2) is 27.7 Å². The van der Waals surface area contributed by atoms with Crippen LogP contribution >= 0.6 is 23.2 Å². The average molecular weight is 222 g/mol. The van der Waals surface area contributed by atoms with Gasteiger partial charge in [0, 0.05) is 12.1 Å². The Labute approximate surface area is 85.9 Å². The zero-order valence-electron chi connectivity index (χ0n) is 6.96. The first-order valence-electron chi connectivity index (χ1n) is 3.69. The van der Waals surface area contributed by atoms with Crippen molar-refractivity contribution in [3.63, 3.8) is 0 Å². The fraction of sp³-hybridized carbons (Fsp3) is 0.429. The van der Waals surface area contributed by atoms with Crippen LogP contribution < -0.4 is 5.32 Å². The number of rotatable bonds is 3. The summed E-state index contributed by atoms with van der Waals surface area (Å²) in [5, 5.41) is 12.0. The summed E-state index contributed by atoms with van der Waals surface area (Å²) in [6.45, 7) is 1.82. The highest BCUT2D eigenvalue weighted by Crippen LogP contribution is 2.14. The maximum absolute atomic E-state index is 8.76. The molecule has 0 aliphatic carbocycles. The second kappa shape index (κ2) is 4.60. The van der Waals surface area contributed by atoms with Crippen LogP contribution in [-0.2, 0) is 0 Å². The fourth-order valence-corrected chi connectivity index (χ4v) is 1.17. The lowest BCUT2D eigenvalue weighted by atomic mass is 10.3. The minimum Gasteiger partial charge on any atom is -0.394 e. The molecular formula is C7H9Cl2N3O. The topological polar surface area (TPSA) is 58.0 Å². The van der Waals surface area contributed by atoms with Crippen LogP contribution in [0.2, 0.25) is 10.4 Å². The third kappa shape index (κ3) is 3.34. The highest BCUT2D eigenvalue weighted by molar-refractivity contribution is 6.32. The third-order valence-electron chi connectivity index (χ3n) is 1.34. The molecule has 1 unspecified atom stereocenters. The second-order valence-electron chi connectivity index (χ2n) is 2.57. The average Bonchev–Trinajstić information content (AvgIpc) is 2.02. The van der Waals surface area contributed by atoms with E-state index in [0.29, 0.717) is 5.82 Å². The second-order valence-corrected chi connectivity index (χ2v) is 3.30. The molecule has 1 aromatic rings. The molecular weight excluding hydrogens is 213 g/mol. The summed E-state index contributed by atoms with van der Waals surface area (Å²) in [6.07, 6.45) is 0. The zero-order valence-corrected chi connectivity index (χ0v) is 8.47. The number of anilines is 1. The van der Waals surface area contributed by atoms with E-state index in [4.69, 9.17) is 28.3 Å². The number of aliphatic hydroxyl groups is 1. The molecule has 0 radical (unpaired) electrons. The molecule has 6 heteroatoms. The monoisotopic (exact) mass is 221 g/mol. The smallest absolute Gasteiger partial charge is 0.225 e. The number of aliphatic hydroxyl groups excluding tert-OH is 1. The van der Waals surface area contributed by atoms with Crippen molar-refractivity contribution in [1.29, 1.82) is 0 Å². The Bertz CT molecular complexity index is 275. The SMILES string of the molecule is CC(CO)Nc1cc(Cl)nc(Cl)n1. The number of halogens is 2. The Morgan fingerprint density at radius 3 is 2.77 bits per heavy atom. The highest BCUT2D eigenvalue weighted by Gasteiger charge is 2.03. The summed E-state index contributed by atoms with van der Waals surface area (Å²) in [4.78, 5) is 7.55. The molecule has 0 bridgehead atoms. The summed E-state index contributed by atoms with van der Waals surface area (Å²) < 4.78 is 0. The summed E-state index contributed by atoms with van der Waals surface area (Å²) >= 11 is 11.2. The molecule has 0 aliphatic rings. The normalized spacial score (nSPS) is 12.6. The number of hydrogen-bond acceptors (Lipinski definition) is 4. The molecule has 72 valence electrons. The van der Waals surface area contributed by atoms with Gasteiger partial charge in [-0.2, -0.15) is 0 Å². The largest absolute Gasteiger partial charge is 0.394 e. The van der Waals surface area contributed by atoms with Crippen molar-refractivity contribution < 1.29 is 5.11 Å². The van der Waals surface area contributed by atoms with Crippen molar-refractivity contribution in [1.82, 2.24) is 9.97 Å². The first-order valence-corrected chi connectivity index (χ1v) is 4.45. The molecule has 1 atom stereocenters. The molecule has 1 heterocycles. The van der Waals surface area contributed by atoms with E-state index in [-0.39, 0.29) is 23.1 Å². The number of aromatic nitrogens is 2. The Hall–Kier alpha value is -0.580. The van der Waals surface area contributed by atoms with Gasteiger partial charge < -0.3 is 10.4 Å². The number of nitrogens with one attached hydrogen (secondary N) is 1. The molecule has 0 saturated carbocycles. The van der Waals surface area contributed by atoms with Gasteiger partial charge in [-0.1, -0.05) is 11.6 Å². The van der Waals surface area contributed by atoms with Crippen LogP contribution in [0.5, 0.6) is 0 Å². The van der Waals surface area contributed by atoms with E-state index < -0.39 is 0 Å². The molecule has 0 saturated heterocycles. The van der Waals surface area contributed by atoms with Gasteiger partial charge in [0.05, 0.1) is 6.61 Å². The molecule has 0 aromatic carbocycles. The molecule has 0 fully saturated rings. The van der Waals surface area contributed by atoms with Gasteiger partial charge >= 0.3 is 0 Å². The van der Waals surface area contributed by atoms with E-state index in [1.165, 1.54) is 0 Å². The van der Waals surface area contributed by atoms with Crippen molar-refractivity contribution in [2.75, 3.05) is 11.9 Å². The molecule has 4 nitrogen and oxygen atoms in total. The van der Waals surface area contributed by atoms with Crippen LogP contribution in [0.4, 0.5) is 5.82 Å². The summed E-state index contributed by atoms with van der Waals surface area (Å²) in [5.41, 5.74) is 0. The lowest BCUT2D eigenvalue weighted by molar-refractivity contribution is 0.281. The van der Waals surface area contributed by atoms with Crippen molar-refractivity contribution in [3.8, 4) is 0 Å². The Balaban J connectivity index is 2.77. The van der Waals surface area contributed by atoms with E-state index in [0.717, 1.165) is 0 Å². The molecule has 0 amide bonds. The zero-order chi connectivity index (χ0) is 9.84. The third-order valence-corrected chi connectivity index (χ3v) is 1.70. The van der Waals surface area contributed by atoms with Crippen LogP contribution in [0.3, 0.4) is 0 Å². The quantitative estimate of drug-likeness (QED) is 0.602. The Kier molecular flexibility index (Phi) is 3.71. The van der Waals surface area contributed by atoms with E-state index in [2.05, 4.69) is 15.3 Å². The van der Waals surface area contributed by atoms with Gasteiger partial charge in [-0.3, -0.25) is 0 Å². The molecule has 1 rings (SSSR count). The minimum atomic E-state index is -0.0953. The van der Waals surface area contributed by atoms with Gasteiger partial charge in [-0.25, -0.2) is 9.97 Å². The summed E-state index contributed by atoms with van der Waals surface area (Å²) in [5.74, 6) is 0.506. The molecule has 13 heavy (non-hydrogen) atoms. The van der Waals surface area contributed by atoms with E-state index in [1.54, 1.807) is 6.07 Å². The van der Waals surface area contributed by atoms with E-state index in [1.807, 2.05) is 6.92 Å². The van der Waals surface area contributed by atoms with Crippen molar-refractivity contribution in [2.45, 2.75) is 13.0 Å².